The third-order valence-electron chi connectivity index (χ3n) is 6.06. The molecule has 188 valence electrons. The van der Waals surface area contributed by atoms with Gasteiger partial charge in [0.2, 0.25) is 23.6 Å². The molecule has 1 fully saturated rings. The van der Waals surface area contributed by atoms with Gasteiger partial charge >= 0.3 is 0 Å². The van der Waals surface area contributed by atoms with Crippen LogP contribution in [0, 0.1) is 0 Å². The van der Waals surface area contributed by atoms with Gasteiger partial charge in [0.25, 0.3) is 11.8 Å². The van der Waals surface area contributed by atoms with Gasteiger partial charge in [0, 0.05) is 38.0 Å². The van der Waals surface area contributed by atoms with Crippen molar-refractivity contribution in [3.63, 3.8) is 0 Å². The van der Waals surface area contributed by atoms with E-state index in [4.69, 9.17) is 5.73 Å². The molecule has 11 nitrogen and oxygen atoms in total. The summed E-state index contributed by atoms with van der Waals surface area (Å²) in [5.41, 5.74) is 6.08. The molecule has 5 N–H and O–H groups in total. The predicted molar refractivity (Wildman–Crippen MR) is 126 cm³/mol. The van der Waals surface area contributed by atoms with Gasteiger partial charge in [-0.2, -0.15) is 0 Å². The number of unbranched alkanes of at least 4 members (excludes halogenated alkanes) is 4. The summed E-state index contributed by atoms with van der Waals surface area (Å²) in [6.45, 7) is 0.867. The average molecular weight is 486 g/mol. The number of primary amides is 1. The molecule has 1 saturated heterocycles. The number of imide groups is 2. The normalized spacial score (nSPS) is 17.3. The van der Waals surface area contributed by atoms with Crippen molar-refractivity contribution in [2.45, 2.75) is 63.8 Å². The average Bonchev–Trinajstić information content (AvgIpc) is 3.06. The van der Waals surface area contributed by atoms with E-state index in [1.165, 1.54) is 0 Å². The van der Waals surface area contributed by atoms with E-state index in [9.17, 15) is 28.8 Å². The van der Waals surface area contributed by atoms with Crippen LogP contribution in [-0.4, -0.2) is 59.5 Å². The van der Waals surface area contributed by atoms with Gasteiger partial charge in [-0.15, -0.1) is 0 Å². The first kappa shape index (κ1) is 25.9. The number of rotatable bonds is 13. The van der Waals surface area contributed by atoms with E-state index in [0.29, 0.717) is 18.7 Å². The second-order valence-corrected chi connectivity index (χ2v) is 8.69. The third-order valence-corrected chi connectivity index (χ3v) is 6.06. The van der Waals surface area contributed by atoms with Crippen LogP contribution in [0.4, 0.5) is 5.69 Å². The molecule has 0 spiro atoms. The van der Waals surface area contributed by atoms with Gasteiger partial charge in [-0.1, -0.05) is 25.3 Å². The van der Waals surface area contributed by atoms with E-state index in [2.05, 4.69) is 16.0 Å². The monoisotopic (exact) mass is 485 g/mol. The first-order valence-corrected chi connectivity index (χ1v) is 11.9. The Labute approximate surface area is 203 Å². The zero-order chi connectivity index (χ0) is 25.4. The van der Waals surface area contributed by atoms with E-state index < -0.39 is 35.6 Å². The van der Waals surface area contributed by atoms with Crippen LogP contribution in [0.2, 0.25) is 0 Å². The first-order valence-electron chi connectivity index (χ1n) is 11.9. The molecule has 11 heteroatoms. The van der Waals surface area contributed by atoms with Crippen molar-refractivity contribution < 1.29 is 28.8 Å². The maximum absolute atomic E-state index is 13.1. The number of nitrogens with one attached hydrogen (secondary N) is 3. The van der Waals surface area contributed by atoms with Gasteiger partial charge in [0.15, 0.2) is 0 Å². The predicted octanol–water partition coefficient (Wildman–Crippen LogP) is 0.832. The van der Waals surface area contributed by atoms with Crippen LogP contribution < -0.4 is 21.7 Å². The second-order valence-electron chi connectivity index (χ2n) is 8.69. The van der Waals surface area contributed by atoms with Crippen LogP contribution in [0.15, 0.2) is 18.2 Å². The van der Waals surface area contributed by atoms with Crippen LogP contribution in [0.5, 0.6) is 0 Å². The number of nitrogens with two attached hydrogens (primary N) is 1. The molecule has 2 aliphatic rings. The van der Waals surface area contributed by atoms with E-state index in [1.54, 1.807) is 18.2 Å². The number of nitrogens with zero attached hydrogens (tertiary/aromatic N) is 1. The zero-order valence-corrected chi connectivity index (χ0v) is 19.6. The minimum Gasteiger partial charge on any atom is -0.384 e. The summed E-state index contributed by atoms with van der Waals surface area (Å²) in [4.78, 5) is 72.8. The van der Waals surface area contributed by atoms with Crippen molar-refractivity contribution in [3.05, 3.63) is 29.3 Å². The Bertz CT molecular complexity index is 1020. The molecule has 1 atom stereocenters. The minimum absolute atomic E-state index is 0.0783. The van der Waals surface area contributed by atoms with Crippen molar-refractivity contribution in [2.24, 2.45) is 5.73 Å². The van der Waals surface area contributed by atoms with Gasteiger partial charge in [0.05, 0.1) is 11.1 Å². The van der Waals surface area contributed by atoms with E-state index in [1.807, 2.05) is 0 Å². The Morgan fingerprint density at radius 2 is 1.71 bits per heavy atom. The van der Waals surface area contributed by atoms with Crippen molar-refractivity contribution in [3.8, 4) is 0 Å². The number of hydrogen-bond acceptors (Lipinski definition) is 7. The summed E-state index contributed by atoms with van der Waals surface area (Å²) < 4.78 is 0. The zero-order valence-electron chi connectivity index (χ0n) is 19.6. The SMILES string of the molecule is NC(=O)CCNC(=O)CCCCCCCNc1cccc2c1C(=O)N(C1CCC(=O)NC1=O)C2=O. The quantitative estimate of drug-likeness (QED) is 0.237. The molecule has 2 aliphatic heterocycles. The molecule has 0 aliphatic carbocycles. The smallest absolute Gasteiger partial charge is 0.264 e. The number of hydrogen-bond donors (Lipinski definition) is 4. The number of piperidine rings is 1. The van der Waals surface area contributed by atoms with E-state index >= 15 is 0 Å². The highest BCUT2D eigenvalue weighted by molar-refractivity contribution is 6.25. The summed E-state index contributed by atoms with van der Waals surface area (Å²) in [6, 6.07) is 4.00. The lowest BCUT2D eigenvalue weighted by Gasteiger charge is -2.27. The molecule has 0 saturated carbocycles. The number of amides is 6. The first-order chi connectivity index (χ1) is 16.8. The molecule has 35 heavy (non-hydrogen) atoms. The summed E-state index contributed by atoms with van der Waals surface area (Å²) in [6.07, 6.45) is 5.12. The van der Waals surface area contributed by atoms with Gasteiger partial charge in [0.1, 0.15) is 6.04 Å². The largest absolute Gasteiger partial charge is 0.384 e. The Kier molecular flexibility index (Phi) is 8.93. The molecule has 0 radical (unpaired) electrons. The maximum Gasteiger partial charge on any atom is 0.264 e. The fraction of sp³-hybridized carbons (Fsp3) is 0.500. The summed E-state index contributed by atoms with van der Waals surface area (Å²) in [5.74, 6) is -2.63. The van der Waals surface area contributed by atoms with Crippen molar-refractivity contribution in [2.75, 3.05) is 18.4 Å². The number of fused-ring (bicyclic) bond motifs is 1. The minimum atomic E-state index is -0.988. The molecule has 1 aromatic rings. The van der Waals surface area contributed by atoms with Gasteiger partial charge in [-0.25, -0.2) is 0 Å². The molecule has 2 heterocycles. The number of benzene rings is 1. The Balaban J connectivity index is 1.41. The van der Waals surface area contributed by atoms with Crippen molar-refractivity contribution in [1.29, 1.82) is 0 Å². The fourth-order valence-electron chi connectivity index (χ4n) is 4.24. The molecular weight excluding hydrogens is 454 g/mol. The lowest BCUT2D eigenvalue weighted by molar-refractivity contribution is -0.136. The van der Waals surface area contributed by atoms with E-state index in [-0.39, 0.29) is 42.8 Å². The van der Waals surface area contributed by atoms with E-state index in [0.717, 1.165) is 37.0 Å². The number of anilines is 1. The summed E-state index contributed by atoms with van der Waals surface area (Å²) >= 11 is 0. The summed E-state index contributed by atoms with van der Waals surface area (Å²) in [7, 11) is 0. The Hall–Kier alpha value is -3.76. The summed E-state index contributed by atoms with van der Waals surface area (Å²) in [5, 5.41) is 8.07. The van der Waals surface area contributed by atoms with Gasteiger partial charge < -0.3 is 16.4 Å². The number of carbonyl (C=O) groups excluding carboxylic acids is 6. The lowest BCUT2D eigenvalue weighted by Crippen LogP contribution is -2.54. The number of carbonyl (C=O) groups is 6. The van der Waals surface area contributed by atoms with Crippen molar-refractivity contribution in [1.82, 2.24) is 15.5 Å². The Morgan fingerprint density at radius 3 is 2.46 bits per heavy atom. The molecule has 1 aromatic carbocycles. The van der Waals surface area contributed by atoms with Crippen LogP contribution >= 0.6 is 0 Å². The fourth-order valence-corrected chi connectivity index (χ4v) is 4.24. The molecular formula is C24H31N5O6. The molecule has 3 rings (SSSR count). The standard InChI is InChI=1S/C24H31N5O6/c25-18(30)12-14-27-19(31)9-4-2-1-3-5-13-26-16-8-6-7-15-21(16)24(35)29(23(15)34)17-10-11-20(32)28-22(17)33/h6-8,17,26H,1-5,9-14H2,(H2,25,30)(H,27,31)(H,28,32,33). The molecule has 0 aromatic heterocycles. The Morgan fingerprint density at radius 1 is 0.971 bits per heavy atom. The van der Waals surface area contributed by atoms with Gasteiger partial charge in [-0.05, 0) is 31.4 Å². The van der Waals surface area contributed by atoms with Crippen LogP contribution in [0.1, 0.15) is 78.5 Å². The topological polar surface area (TPSA) is 168 Å². The molecule has 6 amide bonds. The van der Waals surface area contributed by atoms with Gasteiger partial charge in [-0.3, -0.25) is 39.0 Å². The molecule has 1 unspecified atom stereocenters. The van der Waals surface area contributed by atoms with Crippen LogP contribution in [-0.2, 0) is 19.2 Å². The molecule has 0 bridgehead atoms. The van der Waals surface area contributed by atoms with Crippen molar-refractivity contribution >= 4 is 41.1 Å². The maximum atomic E-state index is 13.1. The van der Waals surface area contributed by atoms with Crippen LogP contribution in [0.3, 0.4) is 0 Å². The van der Waals surface area contributed by atoms with Crippen LogP contribution in [0.25, 0.3) is 0 Å². The third kappa shape index (κ3) is 6.65. The second kappa shape index (κ2) is 12.1. The highest BCUT2D eigenvalue weighted by Crippen LogP contribution is 2.32. The lowest BCUT2D eigenvalue weighted by atomic mass is 10.0. The highest BCUT2D eigenvalue weighted by atomic mass is 16.2. The highest BCUT2D eigenvalue weighted by Gasteiger charge is 2.45.